The minimum Gasteiger partial charge on any atom is -0.311 e. The first-order chi connectivity index (χ1) is 9.59. The Labute approximate surface area is 120 Å². The summed E-state index contributed by atoms with van der Waals surface area (Å²) in [6, 6.07) is 8.42. The fourth-order valence-corrected chi connectivity index (χ4v) is 3.58. The van der Waals surface area contributed by atoms with E-state index in [4.69, 9.17) is 0 Å². The number of pyridine rings is 1. The van der Waals surface area contributed by atoms with E-state index in [9.17, 15) is 4.79 Å². The lowest BCUT2D eigenvalue weighted by atomic mass is 9.97. The first-order valence-electron chi connectivity index (χ1n) is 7.73. The normalized spacial score (nSPS) is 22.8. The van der Waals surface area contributed by atoms with Gasteiger partial charge in [0.15, 0.2) is 0 Å². The molecule has 1 aromatic heterocycles. The Kier molecular flexibility index (Phi) is 3.41. The van der Waals surface area contributed by atoms with Crippen molar-refractivity contribution in [3.05, 3.63) is 46.4 Å². The predicted molar refractivity (Wildman–Crippen MR) is 84.3 cm³/mol. The lowest BCUT2D eigenvalue weighted by Gasteiger charge is -2.22. The smallest absolute Gasteiger partial charge is 0.258 e. The quantitative estimate of drug-likeness (QED) is 0.787. The van der Waals surface area contributed by atoms with E-state index in [2.05, 4.69) is 33.0 Å². The summed E-state index contributed by atoms with van der Waals surface area (Å²) >= 11 is 0. The SMILES string of the molecule is CC(C)c1cn([C@H]2CCC[C@@H]2C)c(=O)c2ccccc12. The Morgan fingerprint density at radius 2 is 1.85 bits per heavy atom. The zero-order valence-corrected chi connectivity index (χ0v) is 12.6. The van der Waals surface area contributed by atoms with Crippen LogP contribution in [-0.4, -0.2) is 4.57 Å². The molecular weight excluding hydrogens is 246 g/mol. The van der Waals surface area contributed by atoms with Crippen molar-refractivity contribution in [1.29, 1.82) is 0 Å². The van der Waals surface area contributed by atoms with Gasteiger partial charge in [-0.2, -0.15) is 0 Å². The summed E-state index contributed by atoms with van der Waals surface area (Å²) in [5.74, 6) is 1.04. The molecule has 0 spiro atoms. The van der Waals surface area contributed by atoms with Gasteiger partial charge >= 0.3 is 0 Å². The highest BCUT2D eigenvalue weighted by atomic mass is 16.1. The van der Waals surface area contributed by atoms with E-state index in [1.807, 2.05) is 22.8 Å². The molecule has 2 aromatic rings. The van der Waals surface area contributed by atoms with Crippen molar-refractivity contribution in [3.63, 3.8) is 0 Å². The molecule has 0 saturated heterocycles. The second kappa shape index (κ2) is 5.08. The second-order valence-electron chi connectivity index (χ2n) is 6.47. The van der Waals surface area contributed by atoms with Crippen LogP contribution in [0.15, 0.2) is 35.3 Å². The Balaban J connectivity index is 2.28. The van der Waals surface area contributed by atoms with Crippen LogP contribution in [0.25, 0.3) is 10.8 Å². The summed E-state index contributed by atoms with van der Waals surface area (Å²) in [4.78, 5) is 12.8. The summed E-state index contributed by atoms with van der Waals surface area (Å²) in [5, 5.41) is 1.99. The molecule has 0 amide bonds. The number of hydrogen-bond acceptors (Lipinski definition) is 1. The molecule has 1 aliphatic rings. The summed E-state index contributed by atoms with van der Waals surface area (Å²) in [6.07, 6.45) is 5.74. The van der Waals surface area contributed by atoms with Crippen LogP contribution in [0.3, 0.4) is 0 Å². The van der Waals surface area contributed by atoms with Crippen LogP contribution in [-0.2, 0) is 0 Å². The first kappa shape index (κ1) is 13.4. The third-order valence-electron chi connectivity index (χ3n) is 4.78. The van der Waals surface area contributed by atoms with Crippen molar-refractivity contribution < 1.29 is 0 Å². The van der Waals surface area contributed by atoms with E-state index in [1.54, 1.807) is 0 Å². The number of fused-ring (bicyclic) bond motifs is 1. The van der Waals surface area contributed by atoms with Gasteiger partial charge in [0.2, 0.25) is 0 Å². The van der Waals surface area contributed by atoms with Gasteiger partial charge < -0.3 is 4.57 Å². The summed E-state index contributed by atoms with van der Waals surface area (Å²) in [5.41, 5.74) is 1.48. The van der Waals surface area contributed by atoms with Gasteiger partial charge in [-0.05, 0) is 41.7 Å². The van der Waals surface area contributed by atoms with E-state index in [0.717, 1.165) is 17.2 Å². The predicted octanol–water partition coefficient (Wildman–Crippen LogP) is 4.49. The lowest BCUT2D eigenvalue weighted by Crippen LogP contribution is -2.27. The number of benzene rings is 1. The van der Waals surface area contributed by atoms with Crippen molar-refractivity contribution in [1.82, 2.24) is 4.57 Å². The maximum absolute atomic E-state index is 12.8. The van der Waals surface area contributed by atoms with Crippen LogP contribution in [0.1, 0.15) is 57.6 Å². The average molecular weight is 269 g/mol. The first-order valence-corrected chi connectivity index (χ1v) is 7.73. The molecule has 0 aliphatic heterocycles. The molecule has 0 radical (unpaired) electrons. The van der Waals surface area contributed by atoms with E-state index in [0.29, 0.717) is 17.9 Å². The largest absolute Gasteiger partial charge is 0.311 e. The van der Waals surface area contributed by atoms with E-state index >= 15 is 0 Å². The summed E-state index contributed by atoms with van der Waals surface area (Å²) < 4.78 is 2.02. The maximum Gasteiger partial charge on any atom is 0.258 e. The Hall–Kier alpha value is -1.57. The van der Waals surface area contributed by atoms with Crippen molar-refractivity contribution >= 4 is 10.8 Å². The highest BCUT2D eigenvalue weighted by Crippen LogP contribution is 2.35. The van der Waals surface area contributed by atoms with E-state index in [1.165, 1.54) is 18.4 Å². The van der Waals surface area contributed by atoms with Crippen molar-refractivity contribution in [2.24, 2.45) is 5.92 Å². The van der Waals surface area contributed by atoms with Crippen molar-refractivity contribution in [2.45, 2.75) is 52.0 Å². The van der Waals surface area contributed by atoms with Gasteiger partial charge in [0.1, 0.15) is 0 Å². The highest BCUT2D eigenvalue weighted by Gasteiger charge is 2.26. The molecule has 2 nitrogen and oxygen atoms in total. The van der Waals surface area contributed by atoms with Crippen molar-refractivity contribution in [2.75, 3.05) is 0 Å². The van der Waals surface area contributed by atoms with Crippen molar-refractivity contribution in [3.8, 4) is 0 Å². The number of aromatic nitrogens is 1. The molecule has 0 N–H and O–H groups in total. The summed E-state index contributed by atoms with van der Waals surface area (Å²) in [7, 11) is 0. The molecule has 1 aromatic carbocycles. The monoisotopic (exact) mass is 269 g/mol. The minimum atomic E-state index is 0.184. The van der Waals surface area contributed by atoms with Gasteiger partial charge in [-0.15, -0.1) is 0 Å². The molecule has 2 atom stereocenters. The molecule has 0 unspecified atom stereocenters. The standard InChI is InChI=1S/C18H23NO/c1-12(2)16-11-19(17-10-6-7-13(17)3)18(20)15-9-5-4-8-14(15)16/h4-5,8-9,11-13,17H,6-7,10H2,1-3H3/t13-,17-/m0/s1. The van der Waals surface area contributed by atoms with Gasteiger partial charge in [0, 0.05) is 17.6 Å². The topological polar surface area (TPSA) is 22.0 Å². The van der Waals surface area contributed by atoms with E-state index < -0.39 is 0 Å². The molecule has 20 heavy (non-hydrogen) atoms. The molecule has 3 rings (SSSR count). The zero-order valence-electron chi connectivity index (χ0n) is 12.6. The molecule has 0 bridgehead atoms. The molecule has 1 fully saturated rings. The van der Waals surface area contributed by atoms with Gasteiger partial charge in [-0.25, -0.2) is 0 Å². The third-order valence-corrected chi connectivity index (χ3v) is 4.78. The van der Waals surface area contributed by atoms with E-state index in [-0.39, 0.29) is 5.56 Å². The number of hydrogen-bond donors (Lipinski definition) is 0. The van der Waals surface area contributed by atoms with Gasteiger partial charge in [-0.1, -0.05) is 45.4 Å². The molecule has 106 valence electrons. The second-order valence-corrected chi connectivity index (χ2v) is 6.47. The molecule has 2 heteroatoms. The number of nitrogens with zero attached hydrogens (tertiary/aromatic N) is 1. The minimum absolute atomic E-state index is 0.184. The maximum atomic E-state index is 12.8. The Bertz CT molecular complexity index is 683. The van der Waals surface area contributed by atoms with Gasteiger partial charge in [-0.3, -0.25) is 4.79 Å². The van der Waals surface area contributed by atoms with Crippen LogP contribution in [0.2, 0.25) is 0 Å². The number of rotatable bonds is 2. The van der Waals surface area contributed by atoms with Crippen LogP contribution >= 0.6 is 0 Å². The molecule has 1 saturated carbocycles. The Morgan fingerprint density at radius 3 is 2.45 bits per heavy atom. The highest BCUT2D eigenvalue weighted by molar-refractivity contribution is 5.85. The fraction of sp³-hybridized carbons (Fsp3) is 0.500. The Morgan fingerprint density at radius 1 is 1.15 bits per heavy atom. The molecule has 1 heterocycles. The average Bonchev–Trinajstić information content (AvgIpc) is 2.85. The van der Waals surface area contributed by atoms with Crippen LogP contribution in [0.4, 0.5) is 0 Å². The summed E-state index contributed by atoms with van der Waals surface area (Å²) in [6.45, 7) is 6.68. The van der Waals surface area contributed by atoms with Crippen LogP contribution in [0.5, 0.6) is 0 Å². The fourth-order valence-electron chi connectivity index (χ4n) is 3.58. The third kappa shape index (κ3) is 2.07. The zero-order chi connectivity index (χ0) is 14.3. The van der Waals surface area contributed by atoms with Crippen LogP contribution < -0.4 is 5.56 Å². The molecule has 1 aliphatic carbocycles. The van der Waals surface area contributed by atoms with Gasteiger partial charge in [0.05, 0.1) is 0 Å². The van der Waals surface area contributed by atoms with Crippen LogP contribution in [0, 0.1) is 5.92 Å². The lowest BCUT2D eigenvalue weighted by molar-refractivity contribution is 0.398. The molecular formula is C18H23NO. The van der Waals surface area contributed by atoms with Gasteiger partial charge in [0.25, 0.3) is 5.56 Å².